The first-order valence-electron chi connectivity index (χ1n) is 10.1. The average Bonchev–Trinajstić information content (AvgIpc) is 3.04. The van der Waals surface area contributed by atoms with Crippen LogP contribution in [-0.2, 0) is 6.54 Å². The van der Waals surface area contributed by atoms with Crippen molar-refractivity contribution in [2.45, 2.75) is 33.2 Å². The number of hydrogen-bond acceptors (Lipinski definition) is 3. The van der Waals surface area contributed by atoms with Crippen LogP contribution in [0.3, 0.4) is 0 Å². The summed E-state index contributed by atoms with van der Waals surface area (Å²) in [5, 5.41) is 2.59. The van der Waals surface area contributed by atoms with Gasteiger partial charge < -0.3 is 10.3 Å². The number of imidazole rings is 1. The zero-order valence-corrected chi connectivity index (χ0v) is 18.3. The fourth-order valence-electron chi connectivity index (χ4n) is 3.45. The number of nitrogens with zero attached hydrogens (tertiary/aromatic N) is 3. The van der Waals surface area contributed by atoms with Gasteiger partial charge >= 0.3 is 5.69 Å². The molecule has 160 valence electrons. The minimum absolute atomic E-state index is 0.156. The van der Waals surface area contributed by atoms with E-state index in [1.807, 2.05) is 36.4 Å². The zero-order chi connectivity index (χ0) is 22.5. The molecule has 31 heavy (non-hydrogen) atoms. The van der Waals surface area contributed by atoms with Crippen LogP contribution in [0.1, 0.15) is 52.5 Å². The minimum Gasteiger partial charge on any atom is -0.355 e. The maximum atomic E-state index is 12.6. The Morgan fingerprint density at radius 2 is 1.84 bits per heavy atom. The molecule has 0 saturated carbocycles. The van der Waals surface area contributed by atoms with Crippen LogP contribution in [0.5, 0.6) is 0 Å². The first kappa shape index (κ1) is 22.0. The van der Waals surface area contributed by atoms with Crippen LogP contribution in [0.4, 0.5) is 5.82 Å². The van der Waals surface area contributed by atoms with Crippen LogP contribution >= 0.6 is 0 Å². The van der Waals surface area contributed by atoms with Gasteiger partial charge in [-0.05, 0) is 42.8 Å². The molecule has 0 saturated heterocycles. The Hall–Kier alpha value is -3.74. The second kappa shape index (κ2) is 9.38. The van der Waals surface area contributed by atoms with Gasteiger partial charge in [-0.25, -0.2) is 14.8 Å². The number of carbonyl (C=O) groups excluding carboxylic acids is 1. The van der Waals surface area contributed by atoms with E-state index in [1.165, 1.54) is 0 Å². The van der Waals surface area contributed by atoms with Crippen molar-refractivity contribution in [1.82, 2.24) is 14.9 Å². The Labute approximate surface area is 181 Å². The number of nitrogens with one attached hydrogen (secondary N) is 2. The van der Waals surface area contributed by atoms with E-state index in [0.29, 0.717) is 29.5 Å². The number of rotatable bonds is 6. The summed E-state index contributed by atoms with van der Waals surface area (Å²) >= 11 is 0. The molecule has 3 aromatic rings. The maximum Gasteiger partial charge on any atom is 0.327 e. The Morgan fingerprint density at radius 3 is 2.45 bits per heavy atom. The summed E-state index contributed by atoms with van der Waals surface area (Å²) in [6.45, 7) is 10.0. The van der Waals surface area contributed by atoms with E-state index in [1.54, 1.807) is 30.7 Å². The molecule has 0 aliphatic heterocycles. The van der Waals surface area contributed by atoms with Crippen LogP contribution < -0.4 is 11.0 Å². The van der Waals surface area contributed by atoms with Gasteiger partial charge in [-0.15, -0.1) is 0 Å². The number of benzene rings is 2. The average molecular weight is 418 g/mol. The quantitative estimate of drug-likeness (QED) is 0.472. The highest BCUT2D eigenvalue weighted by Gasteiger charge is 2.15. The van der Waals surface area contributed by atoms with Crippen molar-refractivity contribution in [3.8, 4) is 0 Å². The van der Waals surface area contributed by atoms with Crippen LogP contribution in [0, 0.1) is 6.92 Å². The lowest BCUT2D eigenvalue weighted by molar-refractivity contribution is 0.0963. The largest absolute Gasteiger partial charge is 0.355 e. The predicted molar refractivity (Wildman–Crippen MR) is 125 cm³/mol. The second-order valence-electron chi connectivity index (χ2n) is 7.58. The summed E-state index contributed by atoms with van der Waals surface area (Å²) in [4.78, 5) is 36.1. The van der Waals surface area contributed by atoms with Gasteiger partial charge in [0.05, 0.1) is 12.2 Å². The molecule has 0 aliphatic carbocycles. The molecule has 7 heteroatoms. The van der Waals surface area contributed by atoms with Gasteiger partial charge in [-0.1, -0.05) is 50.2 Å². The van der Waals surface area contributed by atoms with Gasteiger partial charge in [0, 0.05) is 18.2 Å². The van der Waals surface area contributed by atoms with Crippen LogP contribution in [0.25, 0.3) is 0 Å². The Balaban J connectivity index is 2.03. The summed E-state index contributed by atoms with van der Waals surface area (Å²) in [7, 11) is 1.59. The van der Waals surface area contributed by atoms with Crippen molar-refractivity contribution in [2.24, 2.45) is 9.98 Å². The minimum atomic E-state index is -0.257. The lowest BCUT2D eigenvalue weighted by Crippen LogP contribution is -2.19. The topological polar surface area (TPSA) is 91.6 Å². The number of carbonyl (C=O) groups is 1. The Morgan fingerprint density at radius 1 is 1.16 bits per heavy atom. The number of aromatic amines is 1. The molecule has 0 aliphatic rings. The van der Waals surface area contributed by atoms with Gasteiger partial charge in [-0.2, -0.15) is 0 Å². The molecule has 1 aromatic heterocycles. The molecule has 0 unspecified atom stereocenters. The van der Waals surface area contributed by atoms with E-state index in [0.717, 1.165) is 16.7 Å². The van der Waals surface area contributed by atoms with Crippen LogP contribution in [0.2, 0.25) is 0 Å². The van der Waals surface area contributed by atoms with E-state index in [-0.39, 0.29) is 17.5 Å². The Bertz CT molecular complexity index is 1180. The van der Waals surface area contributed by atoms with Crippen molar-refractivity contribution in [2.75, 3.05) is 7.05 Å². The van der Waals surface area contributed by atoms with E-state index in [2.05, 4.69) is 35.9 Å². The molecular weight excluding hydrogens is 390 g/mol. The van der Waals surface area contributed by atoms with Gasteiger partial charge in [0.1, 0.15) is 0 Å². The number of aryl methyl sites for hydroxylation is 1. The van der Waals surface area contributed by atoms with Gasteiger partial charge in [-0.3, -0.25) is 9.36 Å². The fraction of sp³-hybridized carbons (Fsp3) is 0.250. The first-order chi connectivity index (χ1) is 14.8. The van der Waals surface area contributed by atoms with Crippen molar-refractivity contribution >= 4 is 24.3 Å². The highest BCUT2D eigenvalue weighted by molar-refractivity contribution is 6.04. The predicted octanol–water partition coefficient (Wildman–Crippen LogP) is 3.80. The molecule has 3 rings (SSSR count). The highest BCUT2D eigenvalue weighted by Crippen LogP contribution is 2.24. The summed E-state index contributed by atoms with van der Waals surface area (Å²) in [6, 6.07) is 15.1. The van der Waals surface area contributed by atoms with E-state index in [9.17, 15) is 9.59 Å². The molecule has 2 N–H and O–H groups in total. The molecule has 1 heterocycles. The smallest absolute Gasteiger partial charge is 0.327 e. The third-order valence-corrected chi connectivity index (χ3v) is 5.10. The number of amidine groups is 1. The number of aromatic nitrogens is 2. The molecule has 0 spiro atoms. The third-order valence-electron chi connectivity index (χ3n) is 5.10. The van der Waals surface area contributed by atoms with Gasteiger partial charge in [0.15, 0.2) is 11.7 Å². The summed E-state index contributed by atoms with van der Waals surface area (Å²) < 4.78 is 1.56. The van der Waals surface area contributed by atoms with Crippen LogP contribution in [0.15, 0.2) is 63.3 Å². The molecular formula is C24H27N5O2. The lowest BCUT2D eigenvalue weighted by atomic mass is 9.96. The van der Waals surface area contributed by atoms with E-state index >= 15 is 0 Å². The van der Waals surface area contributed by atoms with E-state index in [4.69, 9.17) is 4.99 Å². The molecule has 2 aromatic carbocycles. The van der Waals surface area contributed by atoms with Crippen molar-refractivity contribution in [1.29, 1.82) is 0 Å². The van der Waals surface area contributed by atoms with E-state index < -0.39 is 0 Å². The molecule has 1 amide bonds. The maximum absolute atomic E-state index is 12.6. The Kier molecular flexibility index (Phi) is 6.65. The summed E-state index contributed by atoms with van der Waals surface area (Å²) in [5.74, 6) is 1.10. The summed E-state index contributed by atoms with van der Waals surface area (Å²) in [6.07, 6.45) is 0. The van der Waals surface area contributed by atoms with Gasteiger partial charge in [0.2, 0.25) is 0 Å². The molecule has 0 radical (unpaired) electrons. The molecule has 0 bridgehead atoms. The first-order valence-corrected chi connectivity index (χ1v) is 10.1. The SMILES string of the molecule is C=NC(=Nc1c(C)[nH]c(=O)n1Cc1ccc(C(=O)NC)cc1)c1ccccc1C(C)C. The van der Waals surface area contributed by atoms with Gasteiger partial charge in [0.25, 0.3) is 5.91 Å². The number of amides is 1. The van der Waals surface area contributed by atoms with Crippen molar-refractivity contribution in [3.05, 3.63) is 87.0 Å². The number of aliphatic imine (C=N–C) groups is 2. The monoisotopic (exact) mass is 417 g/mol. The van der Waals surface area contributed by atoms with Crippen molar-refractivity contribution in [3.63, 3.8) is 0 Å². The number of H-pyrrole nitrogens is 1. The highest BCUT2D eigenvalue weighted by atomic mass is 16.2. The second-order valence-corrected chi connectivity index (χ2v) is 7.58. The number of hydrogen-bond donors (Lipinski definition) is 2. The third kappa shape index (κ3) is 4.71. The van der Waals surface area contributed by atoms with Crippen LogP contribution in [-0.4, -0.2) is 35.1 Å². The normalized spacial score (nSPS) is 11.6. The molecule has 0 fully saturated rings. The molecule has 7 nitrogen and oxygen atoms in total. The molecule has 0 atom stereocenters. The lowest BCUT2D eigenvalue weighted by Gasteiger charge is -2.12. The fourth-order valence-corrected chi connectivity index (χ4v) is 3.45. The zero-order valence-electron chi connectivity index (χ0n) is 18.3. The standard InChI is InChI=1S/C24H27N5O2/c1-15(2)19-8-6-7-9-20(19)21(25-4)28-22-16(3)27-24(31)29(22)14-17-10-12-18(13-11-17)23(30)26-5/h6-13,15H,4,14H2,1-3,5H3,(H,26,30)(H,27,31). The summed E-state index contributed by atoms with van der Waals surface area (Å²) in [5.41, 5.74) is 3.83. The van der Waals surface area contributed by atoms with Crippen molar-refractivity contribution < 1.29 is 4.79 Å².